The van der Waals surface area contributed by atoms with Crippen LogP contribution in [0.15, 0.2) is 48.5 Å². The van der Waals surface area contributed by atoms with Crippen molar-refractivity contribution in [2.75, 3.05) is 15.3 Å². The predicted molar refractivity (Wildman–Crippen MR) is 106 cm³/mol. The van der Waals surface area contributed by atoms with Crippen molar-refractivity contribution in [3.8, 4) is 5.75 Å². The van der Waals surface area contributed by atoms with Crippen molar-refractivity contribution in [2.45, 2.75) is 13.3 Å². The number of aryl methyl sites for hydroxylation is 1. The van der Waals surface area contributed by atoms with Crippen molar-refractivity contribution in [2.24, 2.45) is 0 Å². The maximum Gasteiger partial charge on any atom is 0.330 e. The fourth-order valence-electron chi connectivity index (χ4n) is 2.88. The topological polar surface area (TPSA) is 136 Å². The minimum Gasteiger partial charge on any atom is -0.506 e. The quantitative estimate of drug-likeness (QED) is 0.575. The van der Waals surface area contributed by atoms with Crippen molar-refractivity contribution >= 4 is 31.6 Å². The summed E-state index contributed by atoms with van der Waals surface area (Å²) in [4.78, 5) is 0. The molecule has 0 aliphatic carbocycles. The third-order valence-corrected chi connectivity index (χ3v) is 5.91. The molecule has 150 valence electrons. The molecule has 0 atom stereocenters. The lowest BCUT2D eigenvalue weighted by Crippen LogP contribution is -2.29. The molecule has 0 saturated carbocycles. The van der Waals surface area contributed by atoms with Crippen LogP contribution < -0.4 is 13.7 Å². The SMILES string of the molecule is Cc1cccc(Cc2ccc(N3C=C(O)NS3(=O)=O)c(O)c2)c1NS(C)(=O)=O. The van der Waals surface area contributed by atoms with Crippen molar-refractivity contribution in [1.29, 1.82) is 0 Å². The van der Waals surface area contributed by atoms with Gasteiger partial charge in [-0.2, -0.15) is 8.42 Å². The third-order valence-electron chi connectivity index (χ3n) is 4.05. The van der Waals surface area contributed by atoms with E-state index in [0.717, 1.165) is 22.3 Å². The number of aliphatic hydroxyl groups excluding tert-OH is 1. The Balaban J connectivity index is 1.94. The molecule has 1 aliphatic heterocycles. The number of nitrogens with one attached hydrogen (secondary N) is 2. The molecular formula is C17H19N3O6S2. The highest BCUT2D eigenvalue weighted by Crippen LogP contribution is 2.34. The van der Waals surface area contributed by atoms with Gasteiger partial charge in [0.05, 0.1) is 18.1 Å². The van der Waals surface area contributed by atoms with Gasteiger partial charge in [0.25, 0.3) is 0 Å². The number of rotatable bonds is 5. The van der Waals surface area contributed by atoms with Crippen LogP contribution in [-0.2, 0) is 26.7 Å². The van der Waals surface area contributed by atoms with Gasteiger partial charge in [-0.25, -0.2) is 17.4 Å². The molecule has 11 heteroatoms. The molecule has 0 spiro atoms. The molecule has 0 unspecified atom stereocenters. The first-order valence-corrected chi connectivity index (χ1v) is 11.4. The van der Waals surface area contributed by atoms with E-state index in [1.54, 1.807) is 31.2 Å². The van der Waals surface area contributed by atoms with Gasteiger partial charge in [-0.3, -0.25) is 4.72 Å². The van der Waals surface area contributed by atoms with Crippen LogP contribution in [-0.4, -0.2) is 33.3 Å². The zero-order valence-corrected chi connectivity index (χ0v) is 16.7. The molecule has 4 N–H and O–H groups in total. The molecule has 0 saturated heterocycles. The molecule has 0 radical (unpaired) electrons. The number of sulfonamides is 1. The Kier molecular flexibility index (Phi) is 4.90. The second kappa shape index (κ2) is 6.91. The van der Waals surface area contributed by atoms with E-state index >= 15 is 0 Å². The van der Waals surface area contributed by atoms with Gasteiger partial charge < -0.3 is 10.2 Å². The van der Waals surface area contributed by atoms with Gasteiger partial charge in [0, 0.05) is 0 Å². The average molecular weight is 425 g/mol. The predicted octanol–water partition coefficient (Wildman–Crippen LogP) is 1.67. The third kappa shape index (κ3) is 4.15. The van der Waals surface area contributed by atoms with Crippen molar-refractivity contribution < 1.29 is 27.0 Å². The van der Waals surface area contributed by atoms with Crippen LogP contribution in [0.1, 0.15) is 16.7 Å². The van der Waals surface area contributed by atoms with E-state index in [0.29, 0.717) is 23.2 Å². The van der Waals surface area contributed by atoms with Gasteiger partial charge in [-0.15, -0.1) is 0 Å². The lowest BCUT2D eigenvalue weighted by molar-refractivity contribution is 0.392. The van der Waals surface area contributed by atoms with Crippen LogP contribution in [0.2, 0.25) is 0 Å². The first-order valence-electron chi connectivity index (χ1n) is 8.07. The zero-order valence-electron chi connectivity index (χ0n) is 15.0. The Morgan fingerprint density at radius 1 is 1.18 bits per heavy atom. The molecule has 0 amide bonds. The number of phenolic OH excluding ortho intramolecular Hbond substituents is 1. The highest BCUT2D eigenvalue weighted by atomic mass is 32.2. The van der Waals surface area contributed by atoms with E-state index < -0.39 is 26.1 Å². The van der Waals surface area contributed by atoms with Gasteiger partial charge in [0.2, 0.25) is 15.9 Å². The number of aromatic hydroxyl groups is 1. The van der Waals surface area contributed by atoms with E-state index in [1.165, 1.54) is 12.1 Å². The van der Waals surface area contributed by atoms with E-state index in [1.807, 2.05) is 4.72 Å². The summed E-state index contributed by atoms with van der Waals surface area (Å²) < 4.78 is 52.3. The number of nitrogens with zero attached hydrogens (tertiary/aromatic N) is 1. The number of hydrogen-bond acceptors (Lipinski definition) is 6. The first kappa shape index (κ1) is 19.8. The summed E-state index contributed by atoms with van der Waals surface area (Å²) in [6.07, 6.45) is 2.31. The van der Waals surface area contributed by atoms with Crippen LogP contribution in [0.5, 0.6) is 5.75 Å². The summed E-state index contributed by atoms with van der Waals surface area (Å²) in [6, 6.07) is 9.74. The maximum atomic E-state index is 11.9. The molecule has 1 aliphatic rings. The monoisotopic (exact) mass is 425 g/mol. The van der Waals surface area contributed by atoms with Crippen LogP contribution in [0.4, 0.5) is 11.4 Å². The minimum absolute atomic E-state index is 0.0287. The van der Waals surface area contributed by atoms with Gasteiger partial charge in [-0.05, 0) is 42.2 Å². The number of anilines is 2. The highest BCUT2D eigenvalue weighted by molar-refractivity contribution is 7.92. The first-order chi connectivity index (χ1) is 13.0. The van der Waals surface area contributed by atoms with Crippen LogP contribution in [0.3, 0.4) is 0 Å². The standard InChI is InChI=1S/C17H19N3O6S2/c1-11-4-3-5-13(17(11)19-27(2,23)24)8-12-6-7-14(15(21)9-12)20-10-16(22)18-28(20,25)26/h3-7,9-10,18-19,21-22H,8H2,1-2H3. The largest absolute Gasteiger partial charge is 0.506 e. The summed E-state index contributed by atoms with van der Waals surface area (Å²) in [5, 5.41) is 19.7. The zero-order chi connectivity index (χ0) is 20.7. The van der Waals surface area contributed by atoms with Gasteiger partial charge >= 0.3 is 10.2 Å². The Labute approximate surface area is 163 Å². The van der Waals surface area contributed by atoms with Gasteiger partial charge in [0.15, 0.2) is 0 Å². The lowest BCUT2D eigenvalue weighted by Gasteiger charge is -2.17. The molecule has 0 bridgehead atoms. The van der Waals surface area contributed by atoms with Crippen molar-refractivity contribution in [3.05, 3.63) is 65.2 Å². The van der Waals surface area contributed by atoms with Crippen LogP contribution in [0.25, 0.3) is 0 Å². The molecule has 0 aromatic heterocycles. The summed E-state index contributed by atoms with van der Waals surface area (Å²) in [6.45, 7) is 1.78. The number of benzene rings is 2. The molecule has 9 nitrogen and oxygen atoms in total. The van der Waals surface area contributed by atoms with E-state index in [2.05, 4.69) is 4.72 Å². The second-order valence-corrected chi connectivity index (χ2v) is 9.70. The summed E-state index contributed by atoms with van der Waals surface area (Å²) in [7, 11) is -7.48. The van der Waals surface area contributed by atoms with E-state index in [4.69, 9.17) is 0 Å². The van der Waals surface area contributed by atoms with Crippen molar-refractivity contribution in [3.63, 3.8) is 0 Å². The smallest absolute Gasteiger partial charge is 0.330 e. The lowest BCUT2D eigenvalue weighted by atomic mass is 10.0. The Hall–Kier alpha value is -2.92. The molecule has 28 heavy (non-hydrogen) atoms. The molecule has 0 fully saturated rings. The molecular weight excluding hydrogens is 406 g/mol. The fourth-order valence-corrected chi connectivity index (χ4v) is 4.61. The normalized spacial score (nSPS) is 15.8. The number of aliphatic hydroxyl groups is 1. The molecule has 2 aromatic rings. The average Bonchev–Trinajstić information content (AvgIpc) is 2.82. The van der Waals surface area contributed by atoms with E-state index in [9.17, 15) is 27.0 Å². The Morgan fingerprint density at radius 2 is 1.89 bits per heavy atom. The number of hydrogen-bond donors (Lipinski definition) is 4. The molecule has 3 rings (SSSR count). The molecule has 2 aromatic carbocycles. The summed E-state index contributed by atoms with van der Waals surface area (Å²) >= 11 is 0. The van der Waals surface area contributed by atoms with Crippen LogP contribution in [0, 0.1) is 6.92 Å². The summed E-state index contributed by atoms with van der Waals surface area (Å²) in [5.74, 6) is -0.862. The fraction of sp³-hybridized carbons (Fsp3) is 0.176. The highest BCUT2D eigenvalue weighted by Gasteiger charge is 2.30. The van der Waals surface area contributed by atoms with E-state index in [-0.39, 0.29) is 11.4 Å². The molecule has 1 heterocycles. The second-order valence-electron chi connectivity index (χ2n) is 6.40. The number of phenols is 1. The Bertz CT molecular complexity index is 1170. The minimum atomic E-state index is -4.01. The summed E-state index contributed by atoms with van der Waals surface area (Å²) in [5.41, 5.74) is 2.53. The van der Waals surface area contributed by atoms with Crippen LogP contribution >= 0.6 is 0 Å². The van der Waals surface area contributed by atoms with Crippen molar-refractivity contribution in [1.82, 2.24) is 4.72 Å². The van der Waals surface area contributed by atoms with Gasteiger partial charge in [0.1, 0.15) is 11.4 Å². The Morgan fingerprint density at radius 3 is 2.46 bits per heavy atom. The number of para-hydroxylation sites is 1. The van der Waals surface area contributed by atoms with Gasteiger partial charge in [-0.1, -0.05) is 24.3 Å². The maximum absolute atomic E-state index is 11.9.